The number of anilines is 3. The molecule has 0 saturated carbocycles. The van der Waals surface area contributed by atoms with Gasteiger partial charge in [0.1, 0.15) is 12.0 Å². The molecule has 1 aromatic rings. The highest BCUT2D eigenvalue weighted by Crippen LogP contribution is 2.31. The predicted molar refractivity (Wildman–Crippen MR) is 86.8 cm³/mol. The molecule has 1 fully saturated rings. The lowest BCUT2D eigenvalue weighted by molar-refractivity contribution is -0.146. The summed E-state index contributed by atoms with van der Waals surface area (Å²) in [5.74, 6) is 1.21. The van der Waals surface area contributed by atoms with E-state index in [1.54, 1.807) is 0 Å². The normalized spacial score (nSPS) is 16.5. The molecule has 0 bridgehead atoms. The van der Waals surface area contributed by atoms with Crippen LogP contribution >= 0.6 is 0 Å². The Hall–Kier alpha value is -2.05. The highest BCUT2D eigenvalue weighted by atomic mass is 16.5. The number of nitrogen functional groups attached to an aromatic ring is 1. The molecule has 1 aliphatic rings. The van der Waals surface area contributed by atoms with Gasteiger partial charge in [-0.2, -0.15) is 0 Å². The molecule has 1 aliphatic heterocycles. The van der Waals surface area contributed by atoms with Crippen LogP contribution in [0.15, 0.2) is 6.33 Å². The molecular formula is C15H25N5O2. The zero-order valence-corrected chi connectivity index (χ0v) is 13.7. The summed E-state index contributed by atoms with van der Waals surface area (Å²) in [5.41, 5.74) is 6.64. The molecule has 0 unspecified atom stereocenters. The highest BCUT2D eigenvalue weighted by Gasteiger charge is 2.27. The maximum atomic E-state index is 11.6. The Balaban J connectivity index is 2.11. The molecule has 2 heterocycles. The number of carbonyl (C=O) groups excluding carboxylic acids is 1. The molecule has 7 nitrogen and oxygen atoms in total. The molecule has 122 valence electrons. The van der Waals surface area contributed by atoms with Gasteiger partial charge in [-0.1, -0.05) is 0 Å². The summed E-state index contributed by atoms with van der Waals surface area (Å²) in [7, 11) is 1.43. The second kappa shape index (κ2) is 6.37. The van der Waals surface area contributed by atoms with E-state index in [1.165, 1.54) is 13.4 Å². The van der Waals surface area contributed by atoms with E-state index in [2.05, 4.69) is 41.0 Å². The summed E-state index contributed by atoms with van der Waals surface area (Å²) < 4.78 is 4.81. The monoisotopic (exact) mass is 307 g/mol. The maximum absolute atomic E-state index is 11.6. The number of esters is 1. The van der Waals surface area contributed by atoms with Gasteiger partial charge < -0.3 is 20.7 Å². The van der Waals surface area contributed by atoms with E-state index in [9.17, 15) is 4.79 Å². The smallest absolute Gasteiger partial charge is 0.308 e. The molecule has 0 spiro atoms. The van der Waals surface area contributed by atoms with Crippen molar-refractivity contribution >= 4 is 23.3 Å². The van der Waals surface area contributed by atoms with Crippen LogP contribution in [0.5, 0.6) is 0 Å². The lowest BCUT2D eigenvalue weighted by atomic mass is 9.97. The number of rotatable bonds is 3. The number of ether oxygens (including phenoxy) is 1. The molecule has 3 N–H and O–H groups in total. The molecule has 0 atom stereocenters. The van der Waals surface area contributed by atoms with Crippen LogP contribution in [0.1, 0.15) is 33.6 Å². The standard InChI is InChI=1S/C15H25N5O2/c1-15(2,3)19-12-11(16)13(18-9-17-12)20-7-5-10(6-8-20)14(21)22-4/h9-10H,5-8,16H2,1-4H3,(H,17,18,19). The SMILES string of the molecule is COC(=O)C1CCN(c2ncnc(NC(C)(C)C)c2N)CC1. The second-order valence-electron chi connectivity index (χ2n) is 6.62. The van der Waals surface area contributed by atoms with Crippen molar-refractivity contribution in [2.75, 3.05) is 36.1 Å². The van der Waals surface area contributed by atoms with Crippen LogP contribution in [0.4, 0.5) is 17.3 Å². The second-order valence-corrected chi connectivity index (χ2v) is 6.62. The van der Waals surface area contributed by atoms with Crippen LogP contribution in [0.3, 0.4) is 0 Å². The average molecular weight is 307 g/mol. The van der Waals surface area contributed by atoms with Crippen molar-refractivity contribution in [1.82, 2.24) is 9.97 Å². The fraction of sp³-hybridized carbons (Fsp3) is 0.667. The average Bonchev–Trinajstić information content (AvgIpc) is 2.47. The third-order valence-electron chi connectivity index (χ3n) is 3.69. The third-order valence-corrected chi connectivity index (χ3v) is 3.69. The van der Waals surface area contributed by atoms with Crippen molar-refractivity contribution in [3.63, 3.8) is 0 Å². The molecule has 1 aromatic heterocycles. The minimum absolute atomic E-state index is 0.0310. The van der Waals surface area contributed by atoms with Crippen molar-refractivity contribution in [2.45, 2.75) is 39.2 Å². The summed E-state index contributed by atoms with van der Waals surface area (Å²) in [4.78, 5) is 22.2. The number of hydrogen-bond acceptors (Lipinski definition) is 7. The first-order chi connectivity index (χ1) is 10.3. The van der Waals surface area contributed by atoms with Gasteiger partial charge in [0.2, 0.25) is 0 Å². The van der Waals surface area contributed by atoms with Gasteiger partial charge >= 0.3 is 5.97 Å². The zero-order chi connectivity index (χ0) is 16.3. The highest BCUT2D eigenvalue weighted by molar-refractivity contribution is 5.76. The molecule has 22 heavy (non-hydrogen) atoms. The summed E-state index contributed by atoms with van der Waals surface area (Å²) in [6.07, 6.45) is 3.02. The van der Waals surface area contributed by atoms with Gasteiger partial charge in [-0.05, 0) is 33.6 Å². The first-order valence-electron chi connectivity index (χ1n) is 7.53. The number of carbonyl (C=O) groups is 1. The van der Waals surface area contributed by atoms with E-state index < -0.39 is 0 Å². The van der Waals surface area contributed by atoms with E-state index >= 15 is 0 Å². The van der Waals surface area contributed by atoms with E-state index in [0.717, 1.165) is 31.7 Å². The number of nitrogens with zero attached hydrogens (tertiary/aromatic N) is 3. The molecule has 7 heteroatoms. The topological polar surface area (TPSA) is 93.4 Å². The molecule has 0 aromatic carbocycles. The Morgan fingerprint density at radius 1 is 1.36 bits per heavy atom. The molecule has 0 amide bonds. The number of hydrogen-bond donors (Lipinski definition) is 2. The lowest BCUT2D eigenvalue weighted by Crippen LogP contribution is -2.38. The predicted octanol–water partition coefficient (Wildman–Crippen LogP) is 1.66. The van der Waals surface area contributed by atoms with E-state index in [-0.39, 0.29) is 17.4 Å². The number of piperidine rings is 1. The molecule has 1 saturated heterocycles. The third kappa shape index (κ3) is 3.78. The molecule has 2 rings (SSSR count). The van der Waals surface area contributed by atoms with E-state index in [1.807, 2.05) is 0 Å². The Morgan fingerprint density at radius 2 is 2.00 bits per heavy atom. The van der Waals surface area contributed by atoms with Crippen LogP contribution in [0.25, 0.3) is 0 Å². The number of methoxy groups -OCH3 is 1. The number of nitrogens with one attached hydrogen (secondary N) is 1. The largest absolute Gasteiger partial charge is 0.469 e. The van der Waals surface area contributed by atoms with Crippen LogP contribution in [0, 0.1) is 5.92 Å². The van der Waals surface area contributed by atoms with Crippen LogP contribution in [-0.2, 0) is 9.53 Å². The van der Waals surface area contributed by atoms with Gasteiger partial charge in [-0.15, -0.1) is 0 Å². The summed E-state index contributed by atoms with van der Waals surface area (Å²) in [6.45, 7) is 7.62. The quantitative estimate of drug-likeness (QED) is 0.820. The van der Waals surface area contributed by atoms with E-state index in [4.69, 9.17) is 10.5 Å². The van der Waals surface area contributed by atoms with Crippen molar-refractivity contribution < 1.29 is 9.53 Å². The fourth-order valence-electron chi connectivity index (χ4n) is 2.59. The lowest BCUT2D eigenvalue weighted by Gasteiger charge is -2.32. The van der Waals surface area contributed by atoms with Gasteiger partial charge in [0.25, 0.3) is 0 Å². The van der Waals surface area contributed by atoms with Crippen LogP contribution in [-0.4, -0.2) is 41.7 Å². The Morgan fingerprint density at radius 3 is 2.55 bits per heavy atom. The Labute approximate surface area is 131 Å². The zero-order valence-electron chi connectivity index (χ0n) is 13.7. The summed E-state index contributed by atoms with van der Waals surface area (Å²) in [5, 5.41) is 3.29. The summed E-state index contributed by atoms with van der Waals surface area (Å²) >= 11 is 0. The van der Waals surface area contributed by atoms with Gasteiger partial charge in [-0.3, -0.25) is 4.79 Å². The van der Waals surface area contributed by atoms with Gasteiger partial charge in [0.15, 0.2) is 11.6 Å². The molecular weight excluding hydrogens is 282 g/mol. The minimum atomic E-state index is -0.134. The van der Waals surface area contributed by atoms with Crippen molar-refractivity contribution in [2.24, 2.45) is 5.92 Å². The summed E-state index contributed by atoms with van der Waals surface area (Å²) in [6, 6.07) is 0. The van der Waals surface area contributed by atoms with Crippen molar-refractivity contribution in [3.05, 3.63) is 6.33 Å². The van der Waals surface area contributed by atoms with Crippen molar-refractivity contribution in [1.29, 1.82) is 0 Å². The van der Waals surface area contributed by atoms with Crippen LogP contribution in [0.2, 0.25) is 0 Å². The maximum Gasteiger partial charge on any atom is 0.308 e. The van der Waals surface area contributed by atoms with Crippen LogP contribution < -0.4 is 16.0 Å². The molecule has 0 aliphatic carbocycles. The fourth-order valence-corrected chi connectivity index (χ4v) is 2.59. The first-order valence-corrected chi connectivity index (χ1v) is 7.53. The number of nitrogens with two attached hydrogens (primary N) is 1. The van der Waals surface area contributed by atoms with Gasteiger partial charge in [0.05, 0.1) is 13.0 Å². The minimum Gasteiger partial charge on any atom is -0.469 e. The van der Waals surface area contributed by atoms with Gasteiger partial charge in [-0.25, -0.2) is 9.97 Å². The Kier molecular flexibility index (Phi) is 4.73. The Bertz CT molecular complexity index is 533. The van der Waals surface area contributed by atoms with Gasteiger partial charge in [0, 0.05) is 18.6 Å². The van der Waals surface area contributed by atoms with E-state index in [0.29, 0.717) is 11.5 Å². The van der Waals surface area contributed by atoms with Crippen molar-refractivity contribution in [3.8, 4) is 0 Å². The first kappa shape index (κ1) is 16.3. The number of aromatic nitrogens is 2. The molecule has 0 radical (unpaired) electrons.